The Morgan fingerprint density at radius 1 is 0.800 bits per heavy atom. The molecule has 1 aromatic carbocycles. The van der Waals surface area contributed by atoms with Gasteiger partial charge in [-0.2, -0.15) is 0 Å². The van der Waals surface area contributed by atoms with E-state index < -0.39 is 8.07 Å². The van der Waals surface area contributed by atoms with E-state index in [0.29, 0.717) is 5.78 Å². The van der Waals surface area contributed by atoms with Crippen molar-refractivity contribution in [3.05, 3.63) is 27.8 Å². The third kappa shape index (κ3) is 2.09. The molecule has 0 aliphatic heterocycles. The van der Waals surface area contributed by atoms with Gasteiger partial charge < -0.3 is 0 Å². The highest BCUT2D eigenvalue weighted by molar-refractivity contribution is 6.89. The topological polar surface area (TPSA) is 17.1 Å². The van der Waals surface area contributed by atoms with Crippen molar-refractivity contribution >= 4 is 19.0 Å². The summed E-state index contributed by atoms with van der Waals surface area (Å²) < 4.78 is 0. The Kier molecular flexibility index (Phi) is 3.40. The number of hydrogen-bond acceptors (Lipinski definition) is 1. The van der Waals surface area contributed by atoms with Gasteiger partial charge in [0.05, 0.1) is 8.07 Å². The standard InChI is InChI=1S/C18H26OSi/c1-12-13-8-5-6-9-14(13)17-15(10-7-11-16(17)19)18(12)20(2,3)4/h5-11H2,1-4H3. The monoisotopic (exact) mass is 286 g/mol. The summed E-state index contributed by atoms with van der Waals surface area (Å²) in [6, 6.07) is 0. The van der Waals surface area contributed by atoms with Crippen LogP contribution < -0.4 is 5.19 Å². The van der Waals surface area contributed by atoms with Crippen LogP contribution in [0.15, 0.2) is 0 Å². The zero-order chi connectivity index (χ0) is 14.5. The Balaban J connectivity index is 2.37. The molecule has 0 saturated heterocycles. The molecule has 3 rings (SSSR count). The minimum Gasteiger partial charge on any atom is -0.294 e. The van der Waals surface area contributed by atoms with Gasteiger partial charge >= 0.3 is 0 Å². The smallest absolute Gasteiger partial charge is 0.163 e. The lowest BCUT2D eigenvalue weighted by molar-refractivity contribution is 0.0971. The van der Waals surface area contributed by atoms with Crippen LogP contribution in [-0.2, 0) is 19.3 Å². The van der Waals surface area contributed by atoms with E-state index in [1.165, 1.54) is 36.0 Å². The summed E-state index contributed by atoms with van der Waals surface area (Å²) in [4.78, 5) is 12.6. The number of ketones is 1. The molecule has 0 fully saturated rings. The van der Waals surface area contributed by atoms with E-state index in [4.69, 9.17) is 0 Å². The Morgan fingerprint density at radius 3 is 2.05 bits per heavy atom. The molecule has 108 valence electrons. The number of carbonyl (C=O) groups excluding carboxylic acids is 1. The molecule has 0 N–H and O–H groups in total. The lowest BCUT2D eigenvalue weighted by Gasteiger charge is -2.34. The number of hydrogen-bond donors (Lipinski definition) is 0. The van der Waals surface area contributed by atoms with Crippen LogP contribution in [0.5, 0.6) is 0 Å². The second-order valence-electron chi connectivity index (χ2n) is 7.54. The van der Waals surface area contributed by atoms with Crippen LogP contribution in [0.3, 0.4) is 0 Å². The van der Waals surface area contributed by atoms with Crippen molar-refractivity contribution in [1.82, 2.24) is 0 Å². The average Bonchev–Trinajstić information content (AvgIpc) is 2.37. The summed E-state index contributed by atoms with van der Waals surface area (Å²) in [7, 11) is -1.40. The van der Waals surface area contributed by atoms with E-state index in [0.717, 1.165) is 25.7 Å². The van der Waals surface area contributed by atoms with Crippen LogP contribution in [0, 0.1) is 6.92 Å². The second kappa shape index (κ2) is 4.83. The van der Waals surface area contributed by atoms with E-state index in [-0.39, 0.29) is 0 Å². The van der Waals surface area contributed by atoms with Crippen molar-refractivity contribution < 1.29 is 4.79 Å². The fourth-order valence-electron chi connectivity index (χ4n) is 4.43. The molecule has 0 radical (unpaired) electrons. The molecule has 0 amide bonds. The van der Waals surface area contributed by atoms with Gasteiger partial charge in [0.15, 0.2) is 5.78 Å². The van der Waals surface area contributed by atoms with Gasteiger partial charge in [0, 0.05) is 12.0 Å². The first-order chi connectivity index (χ1) is 9.41. The second-order valence-corrected chi connectivity index (χ2v) is 12.5. The zero-order valence-electron chi connectivity index (χ0n) is 13.4. The van der Waals surface area contributed by atoms with Crippen molar-refractivity contribution in [2.75, 3.05) is 0 Å². The minimum absolute atomic E-state index is 0.434. The molecule has 0 saturated carbocycles. The lowest BCUT2D eigenvalue weighted by atomic mass is 9.78. The van der Waals surface area contributed by atoms with E-state index in [2.05, 4.69) is 26.6 Å². The average molecular weight is 286 g/mol. The summed E-state index contributed by atoms with van der Waals surface area (Å²) >= 11 is 0. The summed E-state index contributed by atoms with van der Waals surface area (Å²) in [5.74, 6) is 0.434. The summed E-state index contributed by atoms with van der Waals surface area (Å²) in [5, 5.41) is 1.61. The van der Waals surface area contributed by atoms with Gasteiger partial charge in [-0.3, -0.25) is 4.79 Å². The first-order valence-corrected chi connectivity index (χ1v) is 11.6. The van der Waals surface area contributed by atoms with E-state index in [9.17, 15) is 4.79 Å². The maximum absolute atomic E-state index is 12.6. The van der Waals surface area contributed by atoms with Crippen LogP contribution in [0.1, 0.15) is 58.3 Å². The summed E-state index contributed by atoms with van der Waals surface area (Å²) in [6.45, 7) is 9.63. The van der Waals surface area contributed by atoms with Crippen molar-refractivity contribution in [3.63, 3.8) is 0 Å². The molecule has 0 atom stereocenters. The van der Waals surface area contributed by atoms with Crippen LogP contribution >= 0.6 is 0 Å². The van der Waals surface area contributed by atoms with Crippen molar-refractivity contribution in [3.8, 4) is 0 Å². The molecule has 2 aliphatic rings. The van der Waals surface area contributed by atoms with Crippen LogP contribution in [0.2, 0.25) is 19.6 Å². The van der Waals surface area contributed by atoms with Gasteiger partial charge in [0.1, 0.15) is 0 Å². The molecule has 2 aliphatic carbocycles. The molecular formula is C18H26OSi. The SMILES string of the molecule is Cc1c2c(c3c(c1[Si](C)(C)C)CCCC3=O)CCCC2. The van der Waals surface area contributed by atoms with Gasteiger partial charge in [-0.25, -0.2) is 0 Å². The normalized spacial score (nSPS) is 18.7. The lowest BCUT2D eigenvalue weighted by Crippen LogP contribution is -2.45. The molecule has 1 aromatic rings. The molecule has 0 spiro atoms. The Hall–Kier alpha value is -0.893. The van der Waals surface area contributed by atoms with E-state index in [1.807, 2.05) is 0 Å². The van der Waals surface area contributed by atoms with Gasteiger partial charge in [-0.1, -0.05) is 24.8 Å². The molecule has 2 heteroatoms. The van der Waals surface area contributed by atoms with E-state index in [1.54, 1.807) is 16.3 Å². The number of Topliss-reactive ketones (excluding diaryl/α,β-unsaturated/α-hetero) is 1. The predicted molar refractivity (Wildman–Crippen MR) is 88.1 cm³/mol. The Bertz CT molecular complexity index is 578. The fraction of sp³-hybridized carbons (Fsp3) is 0.611. The first-order valence-electron chi connectivity index (χ1n) is 8.12. The van der Waals surface area contributed by atoms with Gasteiger partial charge in [0.25, 0.3) is 0 Å². The highest BCUT2D eigenvalue weighted by Gasteiger charge is 2.33. The quantitative estimate of drug-likeness (QED) is 0.715. The predicted octanol–water partition coefficient (Wildman–Crippen LogP) is 3.94. The summed E-state index contributed by atoms with van der Waals surface area (Å²) in [6.07, 6.45) is 7.85. The molecule has 1 nitrogen and oxygen atoms in total. The van der Waals surface area contributed by atoms with E-state index >= 15 is 0 Å². The largest absolute Gasteiger partial charge is 0.294 e. The summed E-state index contributed by atoms with van der Waals surface area (Å²) in [5.41, 5.74) is 7.16. The molecule has 0 unspecified atom stereocenters. The highest BCUT2D eigenvalue weighted by atomic mass is 28.3. The Morgan fingerprint density at radius 2 is 1.40 bits per heavy atom. The first kappa shape index (κ1) is 14.1. The van der Waals surface area contributed by atoms with Crippen molar-refractivity contribution in [2.24, 2.45) is 0 Å². The van der Waals surface area contributed by atoms with Crippen LogP contribution in [0.25, 0.3) is 0 Å². The van der Waals surface area contributed by atoms with Crippen LogP contribution in [0.4, 0.5) is 0 Å². The molecule has 0 bridgehead atoms. The third-order valence-corrected chi connectivity index (χ3v) is 7.24. The molecule has 20 heavy (non-hydrogen) atoms. The van der Waals surface area contributed by atoms with Crippen LogP contribution in [-0.4, -0.2) is 13.9 Å². The maximum atomic E-state index is 12.6. The van der Waals surface area contributed by atoms with Gasteiger partial charge in [-0.15, -0.1) is 0 Å². The van der Waals surface area contributed by atoms with Gasteiger partial charge in [0.2, 0.25) is 0 Å². The number of rotatable bonds is 1. The number of fused-ring (bicyclic) bond motifs is 3. The zero-order valence-corrected chi connectivity index (χ0v) is 14.4. The molecule has 0 aromatic heterocycles. The van der Waals surface area contributed by atoms with Crippen molar-refractivity contribution in [2.45, 2.75) is 71.5 Å². The Labute approximate surface area is 123 Å². The van der Waals surface area contributed by atoms with Crippen molar-refractivity contribution in [1.29, 1.82) is 0 Å². The maximum Gasteiger partial charge on any atom is 0.163 e. The number of benzene rings is 1. The molecule has 0 heterocycles. The van der Waals surface area contributed by atoms with Gasteiger partial charge in [-0.05, 0) is 67.7 Å². The third-order valence-electron chi connectivity index (χ3n) is 5.06. The minimum atomic E-state index is -1.40. The number of carbonyl (C=O) groups is 1. The fourth-order valence-corrected chi connectivity index (χ4v) is 6.86. The molecular weight excluding hydrogens is 260 g/mol. The highest BCUT2D eigenvalue weighted by Crippen LogP contribution is 2.34.